The molecule has 0 spiro atoms. The molecule has 0 aliphatic rings. The Balaban J connectivity index is 2.31. The molecule has 2 heterocycles. The maximum atomic E-state index is 13.6. The molecule has 0 radical (unpaired) electrons. The van der Waals surface area contributed by atoms with Crippen LogP contribution in [0.5, 0.6) is 0 Å². The molecule has 2 aromatic heterocycles. The Labute approximate surface area is 128 Å². The number of fused-ring (bicyclic) bond motifs is 1. The first kappa shape index (κ1) is 14.7. The second-order valence-electron chi connectivity index (χ2n) is 5.51. The minimum absolute atomic E-state index is 0.286. The van der Waals surface area contributed by atoms with Gasteiger partial charge in [0.1, 0.15) is 5.82 Å². The van der Waals surface area contributed by atoms with E-state index in [0.29, 0.717) is 5.69 Å². The lowest BCUT2D eigenvalue weighted by Gasteiger charge is -2.29. The van der Waals surface area contributed by atoms with Gasteiger partial charge in [-0.3, -0.25) is 0 Å². The Morgan fingerprint density at radius 3 is 2.68 bits per heavy atom. The van der Waals surface area contributed by atoms with E-state index < -0.39 is 5.54 Å². The van der Waals surface area contributed by atoms with Crippen LogP contribution in [0.2, 0.25) is 0 Å². The number of nitrogens with zero attached hydrogens (tertiary/aromatic N) is 3. The number of hydrogen-bond donors (Lipinski definition) is 1. The predicted octanol–water partition coefficient (Wildman–Crippen LogP) is 3.51. The normalized spacial score (nSPS) is 12.0. The SMILES string of the molecule is CCC(N)(CC)c1cc2nccn2nc1-c1cccc(F)c1. The highest BCUT2D eigenvalue weighted by molar-refractivity contribution is 5.66. The number of benzene rings is 1. The van der Waals surface area contributed by atoms with Crippen molar-refractivity contribution in [2.75, 3.05) is 0 Å². The fourth-order valence-corrected chi connectivity index (χ4v) is 2.71. The summed E-state index contributed by atoms with van der Waals surface area (Å²) >= 11 is 0. The molecule has 0 saturated heterocycles. The summed E-state index contributed by atoms with van der Waals surface area (Å²) in [6.07, 6.45) is 5.00. The van der Waals surface area contributed by atoms with Gasteiger partial charge in [-0.1, -0.05) is 26.0 Å². The summed E-state index contributed by atoms with van der Waals surface area (Å²) in [4.78, 5) is 4.28. The van der Waals surface area contributed by atoms with E-state index in [1.54, 1.807) is 23.0 Å². The monoisotopic (exact) mass is 298 g/mol. The van der Waals surface area contributed by atoms with Crippen LogP contribution in [-0.4, -0.2) is 14.6 Å². The van der Waals surface area contributed by atoms with Gasteiger partial charge in [0.05, 0.1) is 5.69 Å². The Bertz CT molecular complexity index is 805. The van der Waals surface area contributed by atoms with Crippen LogP contribution >= 0.6 is 0 Å². The first-order valence-electron chi connectivity index (χ1n) is 7.47. The summed E-state index contributed by atoms with van der Waals surface area (Å²) in [6, 6.07) is 8.41. The lowest BCUT2D eigenvalue weighted by Crippen LogP contribution is -2.36. The zero-order valence-electron chi connectivity index (χ0n) is 12.8. The number of rotatable bonds is 4. The number of aromatic nitrogens is 3. The van der Waals surface area contributed by atoms with Crippen molar-refractivity contribution in [1.29, 1.82) is 0 Å². The first-order valence-corrected chi connectivity index (χ1v) is 7.47. The smallest absolute Gasteiger partial charge is 0.153 e. The third-order valence-electron chi connectivity index (χ3n) is 4.28. The quantitative estimate of drug-likeness (QED) is 0.802. The molecule has 0 bridgehead atoms. The van der Waals surface area contributed by atoms with E-state index in [4.69, 9.17) is 5.73 Å². The fraction of sp³-hybridized carbons (Fsp3) is 0.294. The fourth-order valence-electron chi connectivity index (χ4n) is 2.71. The van der Waals surface area contributed by atoms with Crippen LogP contribution in [0.15, 0.2) is 42.7 Å². The molecule has 2 N–H and O–H groups in total. The van der Waals surface area contributed by atoms with Gasteiger partial charge in [-0.05, 0) is 31.0 Å². The summed E-state index contributed by atoms with van der Waals surface area (Å²) in [6.45, 7) is 4.10. The molecule has 3 aromatic rings. The molecule has 0 saturated carbocycles. The molecular formula is C17H19FN4. The minimum Gasteiger partial charge on any atom is -0.321 e. The highest BCUT2D eigenvalue weighted by Gasteiger charge is 2.28. The molecule has 0 atom stereocenters. The van der Waals surface area contributed by atoms with Crippen molar-refractivity contribution >= 4 is 5.65 Å². The largest absolute Gasteiger partial charge is 0.321 e. The molecule has 0 unspecified atom stereocenters. The molecule has 0 fully saturated rings. The summed E-state index contributed by atoms with van der Waals surface area (Å²) in [5, 5.41) is 4.62. The first-order chi connectivity index (χ1) is 10.6. The Hall–Kier alpha value is -2.27. The zero-order chi connectivity index (χ0) is 15.7. The molecule has 4 nitrogen and oxygen atoms in total. The molecule has 22 heavy (non-hydrogen) atoms. The highest BCUT2D eigenvalue weighted by atomic mass is 19.1. The van der Waals surface area contributed by atoms with Crippen molar-refractivity contribution in [1.82, 2.24) is 14.6 Å². The summed E-state index contributed by atoms with van der Waals surface area (Å²) in [5.41, 5.74) is 9.15. The van der Waals surface area contributed by atoms with E-state index in [-0.39, 0.29) is 5.82 Å². The van der Waals surface area contributed by atoms with Gasteiger partial charge in [0.15, 0.2) is 5.65 Å². The van der Waals surface area contributed by atoms with E-state index in [0.717, 1.165) is 29.6 Å². The van der Waals surface area contributed by atoms with Crippen LogP contribution < -0.4 is 5.73 Å². The number of nitrogens with two attached hydrogens (primary N) is 1. The average Bonchev–Trinajstić information content (AvgIpc) is 3.00. The van der Waals surface area contributed by atoms with Crippen LogP contribution in [0.4, 0.5) is 4.39 Å². The van der Waals surface area contributed by atoms with Crippen molar-refractivity contribution in [2.24, 2.45) is 5.73 Å². The topological polar surface area (TPSA) is 56.2 Å². The third kappa shape index (κ3) is 2.37. The molecular weight excluding hydrogens is 279 g/mol. The average molecular weight is 298 g/mol. The molecule has 5 heteroatoms. The van der Waals surface area contributed by atoms with Crippen molar-refractivity contribution in [3.05, 3.63) is 54.1 Å². The molecule has 0 aliphatic heterocycles. The van der Waals surface area contributed by atoms with Crippen LogP contribution in [0, 0.1) is 5.82 Å². The van der Waals surface area contributed by atoms with Gasteiger partial charge in [-0.15, -0.1) is 0 Å². The van der Waals surface area contributed by atoms with E-state index >= 15 is 0 Å². The van der Waals surface area contributed by atoms with E-state index in [2.05, 4.69) is 23.9 Å². The highest BCUT2D eigenvalue weighted by Crippen LogP contribution is 2.34. The van der Waals surface area contributed by atoms with Gasteiger partial charge < -0.3 is 5.73 Å². The van der Waals surface area contributed by atoms with Crippen LogP contribution in [0.25, 0.3) is 16.9 Å². The molecule has 114 valence electrons. The van der Waals surface area contributed by atoms with E-state index in [1.807, 2.05) is 12.1 Å². The van der Waals surface area contributed by atoms with Crippen molar-refractivity contribution in [3.63, 3.8) is 0 Å². The Kier molecular flexibility index (Phi) is 3.66. The second-order valence-corrected chi connectivity index (χ2v) is 5.51. The van der Waals surface area contributed by atoms with Gasteiger partial charge in [0.2, 0.25) is 0 Å². The predicted molar refractivity (Wildman–Crippen MR) is 84.8 cm³/mol. The Morgan fingerprint density at radius 2 is 2.00 bits per heavy atom. The van der Waals surface area contributed by atoms with E-state index in [1.165, 1.54) is 12.1 Å². The maximum Gasteiger partial charge on any atom is 0.153 e. The standard InChI is InChI=1S/C17H19FN4/c1-3-17(19,4-2)14-11-15-20-8-9-22(15)21-16(14)12-6-5-7-13(18)10-12/h5-11H,3-4,19H2,1-2H3. The van der Waals surface area contributed by atoms with Gasteiger partial charge in [-0.25, -0.2) is 13.9 Å². The Morgan fingerprint density at radius 1 is 1.23 bits per heavy atom. The zero-order valence-corrected chi connectivity index (χ0v) is 12.8. The summed E-state index contributed by atoms with van der Waals surface area (Å²) in [7, 11) is 0. The van der Waals surface area contributed by atoms with Crippen LogP contribution in [0.3, 0.4) is 0 Å². The molecule has 3 rings (SSSR count). The molecule has 1 aromatic carbocycles. The van der Waals surface area contributed by atoms with Crippen LogP contribution in [0.1, 0.15) is 32.3 Å². The van der Waals surface area contributed by atoms with Crippen molar-refractivity contribution in [2.45, 2.75) is 32.2 Å². The van der Waals surface area contributed by atoms with Gasteiger partial charge >= 0.3 is 0 Å². The van der Waals surface area contributed by atoms with Crippen molar-refractivity contribution in [3.8, 4) is 11.3 Å². The maximum absolute atomic E-state index is 13.6. The number of hydrogen-bond acceptors (Lipinski definition) is 3. The van der Waals surface area contributed by atoms with Gasteiger partial charge in [-0.2, -0.15) is 5.10 Å². The van der Waals surface area contributed by atoms with Gasteiger partial charge in [0, 0.05) is 29.1 Å². The van der Waals surface area contributed by atoms with E-state index in [9.17, 15) is 4.39 Å². The van der Waals surface area contributed by atoms with Crippen molar-refractivity contribution < 1.29 is 4.39 Å². The second kappa shape index (κ2) is 5.50. The molecule has 0 amide bonds. The number of imidazole rings is 1. The van der Waals surface area contributed by atoms with Crippen LogP contribution in [-0.2, 0) is 5.54 Å². The lowest BCUT2D eigenvalue weighted by atomic mass is 9.83. The lowest BCUT2D eigenvalue weighted by molar-refractivity contribution is 0.412. The number of halogens is 1. The molecule has 0 aliphatic carbocycles. The third-order valence-corrected chi connectivity index (χ3v) is 4.28. The van der Waals surface area contributed by atoms with Gasteiger partial charge in [0.25, 0.3) is 0 Å². The minimum atomic E-state index is -0.512. The summed E-state index contributed by atoms with van der Waals surface area (Å²) < 4.78 is 15.3. The summed E-state index contributed by atoms with van der Waals surface area (Å²) in [5.74, 6) is -0.286.